The summed E-state index contributed by atoms with van der Waals surface area (Å²) in [5.41, 5.74) is -0.445. The Labute approximate surface area is 187 Å². The highest BCUT2D eigenvalue weighted by Gasteiger charge is 2.23. The van der Waals surface area contributed by atoms with Gasteiger partial charge in [0.15, 0.2) is 12.4 Å². The standard InChI is InChI=1S/C23H40N4O4/c1-22(2,14-20(30)26-16-24)12-6-10-18(28)8-5-9-19(29)11-7-13-23(3,4)15-21(31)27-17-25/h18-19,28-29H,5-15H2,1-4H3,(H,26,30)(H,27,31). The molecule has 8 nitrogen and oxygen atoms in total. The molecule has 0 saturated carbocycles. The molecular weight excluding hydrogens is 396 g/mol. The highest BCUT2D eigenvalue weighted by Crippen LogP contribution is 2.29. The number of nitrogens with one attached hydrogen (secondary N) is 2. The average molecular weight is 437 g/mol. The van der Waals surface area contributed by atoms with Crippen molar-refractivity contribution in [3.8, 4) is 12.4 Å². The molecule has 0 aromatic heterocycles. The van der Waals surface area contributed by atoms with Crippen molar-refractivity contribution in [1.82, 2.24) is 10.6 Å². The van der Waals surface area contributed by atoms with Crippen LogP contribution < -0.4 is 10.6 Å². The molecule has 0 spiro atoms. The molecule has 2 amide bonds. The topological polar surface area (TPSA) is 146 Å². The van der Waals surface area contributed by atoms with E-state index in [1.165, 1.54) is 0 Å². The minimum Gasteiger partial charge on any atom is -0.393 e. The van der Waals surface area contributed by atoms with E-state index < -0.39 is 12.2 Å². The van der Waals surface area contributed by atoms with Gasteiger partial charge in [0.25, 0.3) is 0 Å². The van der Waals surface area contributed by atoms with E-state index in [0.717, 1.165) is 32.1 Å². The molecule has 0 radical (unpaired) electrons. The molecule has 8 heteroatoms. The molecule has 0 aliphatic heterocycles. The fourth-order valence-corrected chi connectivity index (χ4v) is 3.77. The van der Waals surface area contributed by atoms with Crippen molar-refractivity contribution < 1.29 is 19.8 Å². The van der Waals surface area contributed by atoms with Crippen molar-refractivity contribution in [3.63, 3.8) is 0 Å². The molecule has 31 heavy (non-hydrogen) atoms. The molecule has 0 aromatic carbocycles. The van der Waals surface area contributed by atoms with E-state index in [-0.39, 0.29) is 35.5 Å². The second-order valence-electron chi connectivity index (χ2n) is 10.0. The van der Waals surface area contributed by atoms with Crippen molar-refractivity contribution in [2.45, 2.75) is 111 Å². The number of hydrogen-bond donors (Lipinski definition) is 4. The van der Waals surface area contributed by atoms with Crippen LogP contribution in [0.5, 0.6) is 0 Å². The Hall–Kier alpha value is -2.16. The lowest BCUT2D eigenvalue weighted by atomic mass is 9.82. The first-order valence-corrected chi connectivity index (χ1v) is 11.1. The summed E-state index contributed by atoms with van der Waals surface area (Å²) >= 11 is 0. The second kappa shape index (κ2) is 14.8. The summed E-state index contributed by atoms with van der Waals surface area (Å²) in [7, 11) is 0. The van der Waals surface area contributed by atoms with Gasteiger partial charge in [0.2, 0.25) is 11.8 Å². The Morgan fingerprint density at radius 1 is 0.742 bits per heavy atom. The first-order valence-electron chi connectivity index (χ1n) is 11.1. The summed E-state index contributed by atoms with van der Waals surface area (Å²) in [6.45, 7) is 7.90. The monoisotopic (exact) mass is 436 g/mol. The van der Waals surface area contributed by atoms with Crippen molar-refractivity contribution >= 4 is 11.8 Å². The third-order valence-corrected chi connectivity index (χ3v) is 5.53. The van der Waals surface area contributed by atoms with E-state index in [9.17, 15) is 19.8 Å². The number of hydrogen-bond acceptors (Lipinski definition) is 6. The Morgan fingerprint density at radius 2 is 1.06 bits per heavy atom. The molecule has 176 valence electrons. The molecule has 0 aliphatic carbocycles. The summed E-state index contributed by atoms with van der Waals surface area (Å²) in [5.74, 6) is -0.563. The van der Waals surface area contributed by atoms with Gasteiger partial charge in [-0.05, 0) is 55.8 Å². The number of carbonyl (C=O) groups excluding carboxylic acids is 2. The SMILES string of the molecule is CC(C)(CCCC(O)CCCC(O)CCCC(C)(C)CC(=O)NC#N)CC(=O)NC#N. The minimum absolute atomic E-state index is 0.222. The summed E-state index contributed by atoms with van der Waals surface area (Å²) in [5, 5.41) is 41.6. The second-order valence-corrected chi connectivity index (χ2v) is 10.0. The van der Waals surface area contributed by atoms with Gasteiger partial charge in [-0.1, -0.05) is 40.5 Å². The van der Waals surface area contributed by atoms with Gasteiger partial charge in [0.05, 0.1) is 12.2 Å². The molecular formula is C23H40N4O4. The molecule has 0 saturated heterocycles. The Morgan fingerprint density at radius 3 is 1.39 bits per heavy atom. The lowest BCUT2D eigenvalue weighted by Gasteiger charge is -2.24. The van der Waals surface area contributed by atoms with E-state index in [2.05, 4.69) is 10.6 Å². The molecule has 0 aromatic rings. The van der Waals surface area contributed by atoms with Crippen LogP contribution in [0.1, 0.15) is 98.3 Å². The normalized spacial score (nSPS) is 13.5. The van der Waals surface area contributed by atoms with Crippen molar-refractivity contribution in [2.24, 2.45) is 10.8 Å². The van der Waals surface area contributed by atoms with Gasteiger partial charge in [0, 0.05) is 12.8 Å². The van der Waals surface area contributed by atoms with Crippen molar-refractivity contribution in [2.75, 3.05) is 0 Å². The zero-order valence-electron chi connectivity index (χ0n) is 19.5. The molecule has 4 N–H and O–H groups in total. The van der Waals surface area contributed by atoms with Gasteiger partial charge < -0.3 is 10.2 Å². The third-order valence-electron chi connectivity index (χ3n) is 5.53. The van der Waals surface area contributed by atoms with Gasteiger partial charge in [-0.2, -0.15) is 10.5 Å². The predicted octanol–water partition coefficient (Wildman–Crippen LogP) is 3.25. The van der Waals surface area contributed by atoms with Crippen LogP contribution in [-0.2, 0) is 9.59 Å². The maximum Gasteiger partial charge on any atom is 0.233 e. The maximum absolute atomic E-state index is 11.5. The van der Waals surface area contributed by atoms with E-state index in [0.29, 0.717) is 25.7 Å². The fourth-order valence-electron chi connectivity index (χ4n) is 3.77. The van der Waals surface area contributed by atoms with Gasteiger partial charge in [0.1, 0.15) is 0 Å². The fraction of sp³-hybridized carbons (Fsp3) is 0.826. The van der Waals surface area contributed by atoms with Crippen LogP contribution in [0.25, 0.3) is 0 Å². The van der Waals surface area contributed by atoms with Gasteiger partial charge in [-0.3, -0.25) is 20.2 Å². The number of aliphatic hydroxyl groups is 2. The quantitative estimate of drug-likeness (QED) is 0.216. The average Bonchev–Trinajstić information content (AvgIpc) is 2.60. The molecule has 0 aliphatic rings. The van der Waals surface area contributed by atoms with Crippen LogP contribution in [0, 0.1) is 33.7 Å². The number of aliphatic hydroxyl groups excluding tert-OH is 2. The van der Waals surface area contributed by atoms with Crippen LogP contribution in [0.2, 0.25) is 0 Å². The largest absolute Gasteiger partial charge is 0.393 e. The van der Waals surface area contributed by atoms with Gasteiger partial charge in [-0.25, -0.2) is 0 Å². The molecule has 2 atom stereocenters. The lowest BCUT2D eigenvalue weighted by molar-refractivity contribution is -0.122. The summed E-state index contributed by atoms with van der Waals surface area (Å²) < 4.78 is 0. The van der Waals surface area contributed by atoms with E-state index in [4.69, 9.17) is 10.5 Å². The van der Waals surface area contributed by atoms with Gasteiger partial charge in [-0.15, -0.1) is 0 Å². The van der Waals surface area contributed by atoms with Crippen LogP contribution in [0.3, 0.4) is 0 Å². The van der Waals surface area contributed by atoms with E-state index >= 15 is 0 Å². The Kier molecular flexibility index (Phi) is 13.7. The number of nitrogens with zero attached hydrogens (tertiary/aromatic N) is 2. The molecule has 0 bridgehead atoms. The van der Waals surface area contributed by atoms with E-state index in [1.807, 2.05) is 27.7 Å². The maximum atomic E-state index is 11.5. The molecule has 0 heterocycles. The summed E-state index contributed by atoms with van der Waals surface area (Å²) in [6, 6.07) is 0. The van der Waals surface area contributed by atoms with Crippen LogP contribution >= 0.6 is 0 Å². The Bertz CT molecular complexity index is 580. The number of carbonyl (C=O) groups is 2. The molecule has 0 fully saturated rings. The molecule has 0 rings (SSSR count). The van der Waals surface area contributed by atoms with Crippen molar-refractivity contribution in [1.29, 1.82) is 10.5 Å². The highest BCUT2D eigenvalue weighted by atomic mass is 16.3. The highest BCUT2D eigenvalue weighted by molar-refractivity contribution is 5.78. The zero-order chi connectivity index (χ0) is 23.9. The van der Waals surface area contributed by atoms with Crippen LogP contribution in [-0.4, -0.2) is 34.2 Å². The summed E-state index contributed by atoms with van der Waals surface area (Å²) in [6.07, 6.45) is 9.47. The number of nitriles is 2. The third kappa shape index (κ3) is 16.2. The summed E-state index contributed by atoms with van der Waals surface area (Å²) in [4.78, 5) is 23.1. The minimum atomic E-state index is -0.423. The van der Waals surface area contributed by atoms with Crippen molar-refractivity contribution in [3.05, 3.63) is 0 Å². The van der Waals surface area contributed by atoms with Gasteiger partial charge >= 0.3 is 0 Å². The Balaban J connectivity index is 3.95. The zero-order valence-corrected chi connectivity index (χ0v) is 19.5. The lowest BCUT2D eigenvalue weighted by Crippen LogP contribution is -2.25. The first-order chi connectivity index (χ1) is 14.4. The van der Waals surface area contributed by atoms with E-state index in [1.54, 1.807) is 12.4 Å². The smallest absolute Gasteiger partial charge is 0.233 e. The predicted molar refractivity (Wildman–Crippen MR) is 118 cm³/mol. The molecule has 2 unspecified atom stereocenters. The first kappa shape index (κ1) is 28.8. The number of rotatable bonds is 16. The van der Waals surface area contributed by atoms with Crippen LogP contribution in [0.4, 0.5) is 0 Å². The number of amides is 2. The van der Waals surface area contributed by atoms with Crippen LogP contribution in [0.15, 0.2) is 0 Å².